The predicted octanol–water partition coefficient (Wildman–Crippen LogP) is 4.94. The second kappa shape index (κ2) is 7.21. The van der Waals surface area contributed by atoms with Crippen LogP contribution in [0.2, 0.25) is 0 Å². The second-order valence-electron chi connectivity index (χ2n) is 8.46. The van der Waals surface area contributed by atoms with Crippen LogP contribution in [0, 0.1) is 25.7 Å². The van der Waals surface area contributed by atoms with Crippen LogP contribution in [0.15, 0.2) is 40.9 Å². The number of nitrogens with zero attached hydrogens (tertiary/aromatic N) is 1. The minimum Gasteiger partial charge on any atom is -0.488 e. The van der Waals surface area contributed by atoms with Crippen LogP contribution in [0.1, 0.15) is 53.1 Å². The molecular formula is C24H26N2O3. The molecule has 1 aromatic heterocycles. The van der Waals surface area contributed by atoms with Gasteiger partial charge in [0.1, 0.15) is 18.1 Å². The molecule has 5 nitrogen and oxygen atoms in total. The summed E-state index contributed by atoms with van der Waals surface area (Å²) in [4.78, 5) is 13.3. The highest BCUT2D eigenvalue weighted by Crippen LogP contribution is 2.44. The first-order valence-electron chi connectivity index (χ1n) is 10.5. The minimum atomic E-state index is -0.0340. The lowest BCUT2D eigenvalue weighted by Crippen LogP contribution is -2.38. The maximum Gasteiger partial charge on any atom is 0.255 e. The summed E-state index contributed by atoms with van der Waals surface area (Å²) in [7, 11) is 0. The van der Waals surface area contributed by atoms with Gasteiger partial charge < -0.3 is 14.6 Å². The van der Waals surface area contributed by atoms with Gasteiger partial charge in [0.15, 0.2) is 0 Å². The second-order valence-corrected chi connectivity index (χ2v) is 8.46. The zero-order valence-corrected chi connectivity index (χ0v) is 16.9. The Labute approximate surface area is 170 Å². The Morgan fingerprint density at radius 2 is 1.79 bits per heavy atom. The molecule has 2 fully saturated rings. The van der Waals surface area contributed by atoms with E-state index < -0.39 is 0 Å². The molecule has 1 heterocycles. The van der Waals surface area contributed by atoms with Crippen molar-refractivity contribution in [1.29, 1.82) is 0 Å². The summed E-state index contributed by atoms with van der Waals surface area (Å²) < 4.78 is 11.4. The van der Waals surface area contributed by atoms with Gasteiger partial charge in [0.25, 0.3) is 5.91 Å². The van der Waals surface area contributed by atoms with E-state index in [4.69, 9.17) is 9.26 Å². The van der Waals surface area contributed by atoms with Gasteiger partial charge in [-0.2, -0.15) is 0 Å². The lowest BCUT2D eigenvalue weighted by molar-refractivity contribution is 0.0922. The van der Waals surface area contributed by atoms with Gasteiger partial charge in [0, 0.05) is 6.04 Å². The maximum atomic E-state index is 13.3. The number of ether oxygens (including phenoxy) is 1. The number of hydrogen-bond donors (Lipinski definition) is 1. The van der Waals surface area contributed by atoms with E-state index in [1.54, 1.807) is 0 Å². The summed E-state index contributed by atoms with van der Waals surface area (Å²) in [6.45, 7) is 4.11. The molecule has 150 valence electrons. The first kappa shape index (κ1) is 18.2. The Hall–Kier alpha value is -2.82. The number of aromatic nitrogens is 1. The molecule has 0 bridgehead atoms. The zero-order valence-electron chi connectivity index (χ0n) is 16.9. The quantitative estimate of drug-likeness (QED) is 0.620. The molecule has 2 aliphatic carbocycles. The van der Waals surface area contributed by atoms with Crippen molar-refractivity contribution in [1.82, 2.24) is 10.5 Å². The molecule has 0 radical (unpaired) electrons. The van der Waals surface area contributed by atoms with Crippen molar-refractivity contribution in [3.05, 3.63) is 59.0 Å². The molecule has 2 aromatic carbocycles. The van der Waals surface area contributed by atoms with Crippen LogP contribution in [0.4, 0.5) is 0 Å². The third-order valence-electron chi connectivity index (χ3n) is 6.20. The number of nitrogens with one attached hydrogen (secondary N) is 1. The molecule has 2 saturated carbocycles. The summed E-state index contributed by atoms with van der Waals surface area (Å²) in [5.74, 6) is 2.62. The van der Waals surface area contributed by atoms with Gasteiger partial charge in [-0.15, -0.1) is 0 Å². The van der Waals surface area contributed by atoms with Crippen molar-refractivity contribution in [2.45, 2.75) is 52.2 Å². The van der Waals surface area contributed by atoms with Crippen LogP contribution in [-0.4, -0.2) is 17.1 Å². The van der Waals surface area contributed by atoms with Crippen LogP contribution >= 0.6 is 0 Å². The first-order chi connectivity index (χ1) is 14.1. The van der Waals surface area contributed by atoms with Crippen molar-refractivity contribution < 1.29 is 14.1 Å². The van der Waals surface area contributed by atoms with E-state index in [-0.39, 0.29) is 5.91 Å². The maximum absolute atomic E-state index is 13.3. The molecule has 0 spiro atoms. The fourth-order valence-electron chi connectivity index (χ4n) is 4.13. The normalized spacial score (nSPS) is 16.4. The monoisotopic (exact) mass is 390 g/mol. The standard InChI is InChI=1S/C24H26N2O3/c1-14-21(15(2)29-26-14)13-28-22-12-19-6-4-3-5-18(19)11-20(22)24(27)25-23(16-7-8-16)17-9-10-17/h3-6,11-12,16-17,23H,7-10,13H2,1-2H3,(H,25,27). The Bertz CT molecular complexity index is 1030. The van der Waals surface area contributed by atoms with Crippen molar-refractivity contribution >= 4 is 16.7 Å². The van der Waals surface area contributed by atoms with Crippen molar-refractivity contribution in [2.75, 3.05) is 0 Å². The van der Waals surface area contributed by atoms with E-state index in [1.807, 2.05) is 50.2 Å². The van der Waals surface area contributed by atoms with Crippen LogP contribution < -0.4 is 10.1 Å². The van der Waals surface area contributed by atoms with Crippen molar-refractivity contribution in [3.8, 4) is 5.75 Å². The molecule has 2 aliphatic rings. The predicted molar refractivity (Wildman–Crippen MR) is 111 cm³/mol. The summed E-state index contributed by atoms with van der Waals surface area (Å²) in [5, 5.41) is 9.42. The number of aryl methyl sites for hydroxylation is 2. The van der Waals surface area contributed by atoms with Gasteiger partial charge in [-0.3, -0.25) is 4.79 Å². The van der Waals surface area contributed by atoms with Gasteiger partial charge in [0.05, 0.1) is 16.8 Å². The van der Waals surface area contributed by atoms with Gasteiger partial charge in [0.2, 0.25) is 0 Å². The number of hydrogen-bond acceptors (Lipinski definition) is 4. The molecular weight excluding hydrogens is 364 g/mol. The Kier molecular flexibility index (Phi) is 4.53. The van der Waals surface area contributed by atoms with E-state index in [2.05, 4.69) is 10.5 Å². The number of fused-ring (bicyclic) bond motifs is 1. The Morgan fingerprint density at radius 3 is 2.38 bits per heavy atom. The van der Waals surface area contributed by atoms with E-state index in [0.717, 1.165) is 27.8 Å². The number of carbonyl (C=O) groups is 1. The summed E-state index contributed by atoms with van der Waals surface area (Å²) in [5.41, 5.74) is 2.34. The summed E-state index contributed by atoms with van der Waals surface area (Å²) in [6, 6.07) is 12.3. The molecule has 3 aromatic rings. The molecule has 5 rings (SSSR count). The molecule has 0 unspecified atom stereocenters. The van der Waals surface area contributed by atoms with Gasteiger partial charge in [-0.05, 0) is 74.3 Å². The minimum absolute atomic E-state index is 0.0340. The fraction of sp³-hybridized carbons (Fsp3) is 0.417. The van der Waals surface area contributed by atoms with Gasteiger partial charge in [-0.1, -0.05) is 29.4 Å². The lowest BCUT2D eigenvalue weighted by Gasteiger charge is -2.19. The van der Waals surface area contributed by atoms with E-state index in [9.17, 15) is 4.79 Å². The topological polar surface area (TPSA) is 64.4 Å². The number of amides is 1. The SMILES string of the molecule is Cc1noc(C)c1COc1cc2ccccc2cc1C(=O)NC(C1CC1)C1CC1. The van der Waals surface area contributed by atoms with Gasteiger partial charge in [-0.25, -0.2) is 0 Å². The molecule has 29 heavy (non-hydrogen) atoms. The van der Waals surface area contributed by atoms with Gasteiger partial charge >= 0.3 is 0 Å². The fourth-order valence-corrected chi connectivity index (χ4v) is 4.13. The van der Waals surface area contributed by atoms with Crippen LogP contribution in [0.3, 0.4) is 0 Å². The van der Waals surface area contributed by atoms with E-state index in [1.165, 1.54) is 25.7 Å². The third-order valence-corrected chi connectivity index (χ3v) is 6.20. The molecule has 1 amide bonds. The van der Waals surface area contributed by atoms with Crippen LogP contribution in [0.5, 0.6) is 5.75 Å². The van der Waals surface area contributed by atoms with Crippen molar-refractivity contribution in [2.24, 2.45) is 11.8 Å². The molecule has 0 atom stereocenters. The first-order valence-corrected chi connectivity index (χ1v) is 10.5. The molecule has 5 heteroatoms. The largest absolute Gasteiger partial charge is 0.488 e. The third kappa shape index (κ3) is 3.74. The smallest absolute Gasteiger partial charge is 0.255 e. The highest BCUT2D eigenvalue weighted by atomic mass is 16.5. The van der Waals surface area contributed by atoms with E-state index >= 15 is 0 Å². The van der Waals surface area contributed by atoms with E-state index in [0.29, 0.717) is 35.8 Å². The molecule has 1 N–H and O–H groups in total. The Morgan fingerprint density at radius 1 is 1.14 bits per heavy atom. The number of rotatable bonds is 7. The number of carbonyl (C=O) groups excluding carboxylic acids is 1. The highest BCUT2D eigenvalue weighted by Gasteiger charge is 2.42. The zero-order chi connectivity index (χ0) is 20.0. The molecule has 0 saturated heterocycles. The average Bonchev–Trinajstić information content (AvgIpc) is 3.64. The molecule has 0 aliphatic heterocycles. The van der Waals surface area contributed by atoms with Crippen LogP contribution in [0.25, 0.3) is 10.8 Å². The highest BCUT2D eigenvalue weighted by molar-refractivity contribution is 6.01. The Balaban J connectivity index is 1.45. The van der Waals surface area contributed by atoms with Crippen molar-refractivity contribution in [3.63, 3.8) is 0 Å². The summed E-state index contributed by atoms with van der Waals surface area (Å²) in [6.07, 6.45) is 4.92. The average molecular weight is 390 g/mol. The summed E-state index contributed by atoms with van der Waals surface area (Å²) >= 11 is 0. The van der Waals surface area contributed by atoms with Crippen LogP contribution in [-0.2, 0) is 6.61 Å². The lowest BCUT2D eigenvalue weighted by atomic mass is 10.0. The number of benzene rings is 2.